The molecule has 5 nitrogen and oxygen atoms in total. The van der Waals surface area contributed by atoms with Crippen molar-refractivity contribution in [2.45, 2.75) is 88.7 Å². The van der Waals surface area contributed by atoms with Gasteiger partial charge in [-0.25, -0.2) is 9.97 Å². The summed E-state index contributed by atoms with van der Waals surface area (Å²) in [6.07, 6.45) is 16.6. The average molecular weight is 443 g/mol. The number of H-pyrrole nitrogens is 1. The van der Waals surface area contributed by atoms with Crippen molar-refractivity contribution in [2.24, 2.45) is 0 Å². The van der Waals surface area contributed by atoms with Crippen LogP contribution in [0.5, 0.6) is 0 Å². The summed E-state index contributed by atoms with van der Waals surface area (Å²) in [4.78, 5) is 12.8. The van der Waals surface area contributed by atoms with Gasteiger partial charge in [0.1, 0.15) is 0 Å². The number of nitrogens with one attached hydrogen (secondary N) is 1. The van der Waals surface area contributed by atoms with E-state index in [1.165, 1.54) is 67.2 Å². The minimum absolute atomic E-state index is 0.148. The monoisotopic (exact) mass is 442 g/mol. The van der Waals surface area contributed by atoms with E-state index in [1.54, 1.807) is 6.33 Å². The molecule has 2 aliphatic rings. The van der Waals surface area contributed by atoms with E-state index < -0.39 is 0 Å². The van der Waals surface area contributed by atoms with Crippen molar-refractivity contribution >= 4 is 22.1 Å². The Balaban J connectivity index is 1.38. The minimum Gasteiger partial charge on any atom is -0.393 e. The van der Waals surface area contributed by atoms with Crippen LogP contribution in [0.2, 0.25) is 0 Å². The van der Waals surface area contributed by atoms with Crippen molar-refractivity contribution < 1.29 is 5.11 Å². The molecule has 33 heavy (non-hydrogen) atoms. The van der Waals surface area contributed by atoms with Gasteiger partial charge in [-0.3, -0.25) is 0 Å². The molecule has 2 aromatic heterocycles. The molecule has 0 amide bonds. The molecule has 2 fully saturated rings. The first-order valence-corrected chi connectivity index (χ1v) is 12.9. The van der Waals surface area contributed by atoms with Gasteiger partial charge in [-0.15, -0.1) is 0 Å². The second kappa shape index (κ2) is 8.94. The van der Waals surface area contributed by atoms with E-state index in [4.69, 9.17) is 4.98 Å². The summed E-state index contributed by atoms with van der Waals surface area (Å²) in [6, 6.07) is 12.0. The highest BCUT2D eigenvalue weighted by atomic mass is 16.3. The van der Waals surface area contributed by atoms with Gasteiger partial charge >= 0.3 is 0 Å². The quantitative estimate of drug-likeness (QED) is 0.363. The highest BCUT2D eigenvalue weighted by molar-refractivity contribution is 5.95. The summed E-state index contributed by atoms with van der Waals surface area (Å²) in [5, 5.41) is 10.2. The molecule has 0 saturated heterocycles. The van der Waals surface area contributed by atoms with Crippen molar-refractivity contribution in [3.8, 4) is 11.1 Å². The van der Waals surface area contributed by atoms with Crippen molar-refractivity contribution in [3.63, 3.8) is 0 Å². The molecule has 2 atom stereocenters. The van der Waals surface area contributed by atoms with E-state index in [0.29, 0.717) is 12.0 Å². The van der Waals surface area contributed by atoms with Crippen molar-refractivity contribution in [3.05, 3.63) is 48.5 Å². The average Bonchev–Trinajstić information content (AvgIpc) is 3.48. The molecule has 2 N–H and O–H groups in total. The first-order valence-electron chi connectivity index (χ1n) is 12.9. The fourth-order valence-electron chi connectivity index (χ4n) is 6.16. The van der Waals surface area contributed by atoms with Crippen LogP contribution in [-0.4, -0.2) is 30.7 Å². The lowest BCUT2D eigenvalue weighted by molar-refractivity contribution is 0.138. The molecule has 2 saturated carbocycles. The topological polar surface area (TPSA) is 66.7 Å². The molecule has 2 unspecified atom stereocenters. The van der Waals surface area contributed by atoms with Crippen LogP contribution in [0.1, 0.15) is 88.2 Å². The molecule has 0 aliphatic heterocycles. The number of aliphatic hydroxyl groups is 1. The van der Waals surface area contributed by atoms with Crippen molar-refractivity contribution in [1.82, 2.24) is 19.5 Å². The third-order valence-electron chi connectivity index (χ3n) is 8.06. The number of imidazole rings is 2. The van der Waals surface area contributed by atoms with E-state index in [1.807, 2.05) is 6.33 Å². The van der Waals surface area contributed by atoms with E-state index in [-0.39, 0.29) is 6.10 Å². The lowest BCUT2D eigenvalue weighted by Gasteiger charge is -2.24. The molecule has 2 aromatic carbocycles. The molecule has 2 heterocycles. The maximum Gasteiger partial charge on any atom is 0.0961 e. The Bertz CT molecular complexity index is 1250. The second-order valence-corrected chi connectivity index (χ2v) is 10.2. The Hall–Kier alpha value is -2.66. The normalized spacial score (nSPS) is 23.1. The summed E-state index contributed by atoms with van der Waals surface area (Å²) >= 11 is 0. The highest BCUT2D eigenvalue weighted by Gasteiger charge is 2.21. The van der Waals surface area contributed by atoms with Gasteiger partial charge in [-0.1, -0.05) is 38.2 Å². The molecule has 0 bridgehead atoms. The van der Waals surface area contributed by atoms with Gasteiger partial charge < -0.3 is 14.7 Å². The standard InChI is InChI=1S/C28H34N4O/c33-23-9-5-4-6-19(10-12-23)21-14-24(28-26(16-21)29-17-30-28)20-11-13-27-25(15-20)31-18-32(27)22-7-2-1-3-8-22/h11,13-19,22-23,33H,1-10,12H2,(H,29,30). The maximum atomic E-state index is 10.2. The van der Waals surface area contributed by atoms with E-state index in [2.05, 4.69) is 44.9 Å². The van der Waals surface area contributed by atoms with Crippen LogP contribution in [-0.2, 0) is 0 Å². The van der Waals surface area contributed by atoms with Crippen LogP contribution in [0.4, 0.5) is 0 Å². The molecule has 4 aromatic rings. The van der Waals surface area contributed by atoms with Crippen LogP contribution in [0.15, 0.2) is 43.0 Å². The molecule has 0 radical (unpaired) electrons. The Labute approximate surface area is 195 Å². The lowest BCUT2D eigenvalue weighted by Crippen LogP contribution is -2.12. The number of benzene rings is 2. The number of aliphatic hydroxyl groups excluding tert-OH is 1. The first-order chi connectivity index (χ1) is 16.3. The van der Waals surface area contributed by atoms with Crippen LogP contribution in [0.25, 0.3) is 33.2 Å². The van der Waals surface area contributed by atoms with E-state index >= 15 is 0 Å². The number of fused-ring (bicyclic) bond motifs is 2. The maximum absolute atomic E-state index is 10.2. The van der Waals surface area contributed by atoms with Crippen LogP contribution in [0.3, 0.4) is 0 Å². The van der Waals surface area contributed by atoms with Gasteiger partial charge in [0, 0.05) is 11.6 Å². The fraction of sp³-hybridized carbons (Fsp3) is 0.500. The summed E-state index contributed by atoms with van der Waals surface area (Å²) in [7, 11) is 0. The molecular weight excluding hydrogens is 408 g/mol. The molecule has 6 rings (SSSR count). The van der Waals surface area contributed by atoms with Gasteiger partial charge in [0.2, 0.25) is 0 Å². The van der Waals surface area contributed by atoms with Gasteiger partial charge in [0.15, 0.2) is 0 Å². The zero-order chi connectivity index (χ0) is 22.2. The molecule has 172 valence electrons. The molecular formula is C28H34N4O. The molecule has 2 aliphatic carbocycles. The minimum atomic E-state index is -0.148. The van der Waals surface area contributed by atoms with E-state index in [0.717, 1.165) is 42.2 Å². The fourth-order valence-corrected chi connectivity index (χ4v) is 6.16. The number of rotatable bonds is 3. The third-order valence-corrected chi connectivity index (χ3v) is 8.06. The van der Waals surface area contributed by atoms with E-state index in [9.17, 15) is 5.11 Å². The van der Waals surface area contributed by atoms with Gasteiger partial charge in [0.05, 0.1) is 40.8 Å². The molecule has 5 heteroatoms. The predicted octanol–water partition coefficient (Wildman–Crippen LogP) is 6.88. The number of hydrogen-bond acceptors (Lipinski definition) is 3. The smallest absolute Gasteiger partial charge is 0.0961 e. The Kier molecular flexibility index (Phi) is 5.67. The Morgan fingerprint density at radius 2 is 1.70 bits per heavy atom. The highest BCUT2D eigenvalue weighted by Crippen LogP contribution is 2.38. The number of aromatic nitrogens is 4. The number of nitrogens with zero attached hydrogens (tertiary/aromatic N) is 3. The third kappa shape index (κ3) is 4.08. The number of hydrogen-bond donors (Lipinski definition) is 2. The first kappa shape index (κ1) is 20.9. The van der Waals surface area contributed by atoms with Gasteiger partial charge in [-0.2, -0.15) is 0 Å². The predicted molar refractivity (Wildman–Crippen MR) is 133 cm³/mol. The van der Waals surface area contributed by atoms with Crippen LogP contribution >= 0.6 is 0 Å². The largest absolute Gasteiger partial charge is 0.393 e. The van der Waals surface area contributed by atoms with Crippen molar-refractivity contribution in [2.75, 3.05) is 0 Å². The van der Waals surface area contributed by atoms with Gasteiger partial charge in [0.25, 0.3) is 0 Å². The Morgan fingerprint density at radius 1 is 0.848 bits per heavy atom. The lowest BCUT2D eigenvalue weighted by atomic mass is 9.84. The zero-order valence-electron chi connectivity index (χ0n) is 19.3. The molecule has 0 spiro atoms. The Morgan fingerprint density at radius 3 is 2.61 bits per heavy atom. The number of aromatic amines is 1. The summed E-state index contributed by atoms with van der Waals surface area (Å²) in [5.41, 5.74) is 8.16. The van der Waals surface area contributed by atoms with Crippen LogP contribution < -0.4 is 0 Å². The summed E-state index contributed by atoms with van der Waals surface area (Å²) in [5.74, 6) is 0.487. The summed E-state index contributed by atoms with van der Waals surface area (Å²) in [6.45, 7) is 0. The SMILES string of the molecule is OC1CCCCC(c2cc(-c3ccc4c(c3)ncn4C3CCCCC3)c3nc[nH]c3c2)CC1. The second-order valence-electron chi connectivity index (χ2n) is 10.2. The van der Waals surface area contributed by atoms with Crippen LogP contribution in [0, 0.1) is 0 Å². The van der Waals surface area contributed by atoms with Crippen molar-refractivity contribution in [1.29, 1.82) is 0 Å². The summed E-state index contributed by atoms with van der Waals surface area (Å²) < 4.78 is 2.40. The zero-order valence-corrected chi connectivity index (χ0v) is 19.3. The van der Waals surface area contributed by atoms with Gasteiger partial charge in [-0.05, 0) is 79.8 Å².